The van der Waals surface area contributed by atoms with Crippen molar-refractivity contribution >= 4 is 28.4 Å². The summed E-state index contributed by atoms with van der Waals surface area (Å²) < 4.78 is 0. The first-order valence-corrected chi connectivity index (χ1v) is 10.1. The third-order valence-corrected chi connectivity index (χ3v) is 5.53. The Hall–Kier alpha value is -3.28. The molecule has 1 aromatic heterocycles. The van der Waals surface area contributed by atoms with Crippen LogP contribution in [0.5, 0.6) is 0 Å². The number of Topliss-reactive ketones (excluding diaryl/α,β-unsaturated/α-hetero) is 1. The molecular formula is C23H26N4O2. The van der Waals surface area contributed by atoms with Gasteiger partial charge in [0.1, 0.15) is 0 Å². The second kappa shape index (κ2) is 8.39. The first kappa shape index (κ1) is 19.1. The summed E-state index contributed by atoms with van der Waals surface area (Å²) in [5.41, 5.74) is 4.10. The fourth-order valence-electron chi connectivity index (χ4n) is 3.84. The molecule has 1 fully saturated rings. The molecule has 6 nitrogen and oxygen atoms in total. The fourth-order valence-corrected chi connectivity index (χ4v) is 3.84. The molecule has 0 radical (unpaired) electrons. The minimum absolute atomic E-state index is 0.0121. The smallest absolute Gasteiger partial charge is 0.317 e. The number of carbonyl (C=O) groups is 2. The van der Waals surface area contributed by atoms with Crippen LogP contribution in [-0.2, 0) is 6.42 Å². The lowest BCUT2D eigenvalue weighted by molar-refractivity contribution is 0.101. The van der Waals surface area contributed by atoms with Crippen molar-refractivity contribution in [2.75, 3.05) is 37.6 Å². The number of rotatable bonds is 5. The van der Waals surface area contributed by atoms with Crippen LogP contribution in [0.15, 0.2) is 54.7 Å². The van der Waals surface area contributed by atoms with E-state index in [4.69, 9.17) is 0 Å². The van der Waals surface area contributed by atoms with Gasteiger partial charge in [-0.3, -0.25) is 4.79 Å². The second-order valence-electron chi connectivity index (χ2n) is 7.42. The van der Waals surface area contributed by atoms with Crippen LogP contribution in [-0.4, -0.2) is 54.4 Å². The Morgan fingerprint density at radius 1 is 1.03 bits per heavy atom. The number of aromatic nitrogens is 1. The first-order chi connectivity index (χ1) is 14.1. The van der Waals surface area contributed by atoms with Gasteiger partial charge < -0.3 is 20.1 Å². The highest BCUT2D eigenvalue weighted by molar-refractivity contribution is 5.95. The Morgan fingerprint density at radius 3 is 2.62 bits per heavy atom. The van der Waals surface area contributed by atoms with Crippen molar-refractivity contribution in [3.63, 3.8) is 0 Å². The number of H-pyrrole nitrogens is 1. The fraction of sp³-hybridized carbons (Fsp3) is 0.304. The molecule has 3 aromatic rings. The number of piperazine rings is 1. The molecule has 0 atom stereocenters. The zero-order valence-electron chi connectivity index (χ0n) is 16.6. The molecule has 150 valence electrons. The summed E-state index contributed by atoms with van der Waals surface area (Å²) in [6.45, 7) is 5.06. The van der Waals surface area contributed by atoms with Crippen LogP contribution in [0.2, 0.25) is 0 Å². The van der Waals surface area contributed by atoms with Crippen molar-refractivity contribution in [1.82, 2.24) is 15.2 Å². The minimum Gasteiger partial charge on any atom is -0.368 e. The van der Waals surface area contributed by atoms with Crippen molar-refractivity contribution in [3.8, 4) is 0 Å². The van der Waals surface area contributed by atoms with E-state index in [0.717, 1.165) is 36.3 Å². The number of hydrogen-bond acceptors (Lipinski definition) is 3. The Balaban J connectivity index is 1.27. The van der Waals surface area contributed by atoms with E-state index in [9.17, 15) is 9.59 Å². The number of hydrogen-bond donors (Lipinski definition) is 2. The maximum atomic E-state index is 12.5. The van der Waals surface area contributed by atoms with Crippen LogP contribution < -0.4 is 10.2 Å². The Morgan fingerprint density at radius 2 is 1.83 bits per heavy atom. The lowest BCUT2D eigenvalue weighted by Gasteiger charge is -2.36. The molecule has 1 aliphatic rings. The van der Waals surface area contributed by atoms with Crippen molar-refractivity contribution in [1.29, 1.82) is 0 Å². The van der Waals surface area contributed by atoms with E-state index in [2.05, 4.69) is 27.3 Å². The highest BCUT2D eigenvalue weighted by Crippen LogP contribution is 2.19. The highest BCUT2D eigenvalue weighted by atomic mass is 16.2. The third kappa shape index (κ3) is 4.26. The van der Waals surface area contributed by atoms with Crippen LogP contribution in [0, 0.1) is 0 Å². The van der Waals surface area contributed by atoms with Gasteiger partial charge in [-0.2, -0.15) is 0 Å². The number of fused-ring (bicyclic) bond motifs is 1. The van der Waals surface area contributed by atoms with Crippen LogP contribution in [0.1, 0.15) is 22.8 Å². The average Bonchev–Trinajstić information content (AvgIpc) is 3.17. The Kier molecular flexibility index (Phi) is 5.51. The zero-order valence-corrected chi connectivity index (χ0v) is 16.6. The van der Waals surface area contributed by atoms with E-state index in [1.807, 2.05) is 47.5 Å². The highest BCUT2D eigenvalue weighted by Gasteiger charge is 2.21. The van der Waals surface area contributed by atoms with Gasteiger partial charge in [-0.25, -0.2) is 4.79 Å². The number of nitrogens with zero attached hydrogens (tertiary/aromatic N) is 2. The second-order valence-corrected chi connectivity index (χ2v) is 7.42. The standard InChI is InChI=1S/C23H26N4O2/c1-17(28)18-5-4-6-20(15-18)26-11-13-27(14-12-26)23(29)24-10-9-19-16-25-22-8-3-2-7-21(19)22/h2-8,15-16,25H,9-14H2,1H3,(H,24,29). The number of para-hydroxylation sites is 1. The van der Waals surface area contributed by atoms with Gasteiger partial charge in [0.05, 0.1) is 0 Å². The van der Waals surface area contributed by atoms with Gasteiger partial charge in [-0.1, -0.05) is 30.3 Å². The van der Waals surface area contributed by atoms with Crippen LogP contribution in [0.3, 0.4) is 0 Å². The molecule has 6 heteroatoms. The van der Waals surface area contributed by atoms with E-state index in [-0.39, 0.29) is 11.8 Å². The van der Waals surface area contributed by atoms with Crippen molar-refractivity contribution in [2.45, 2.75) is 13.3 Å². The first-order valence-electron chi connectivity index (χ1n) is 10.1. The van der Waals surface area contributed by atoms with Gasteiger partial charge in [0.25, 0.3) is 0 Å². The number of nitrogens with one attached hydrogen (secondary N) is 2. The van der Waals surface area contributed by atoms with E-state index < -0.39 is 0 Å². The summed E-state index contributed by atoms with van der Waals surface area (Å²) >= 11 is 0. The van der Waals surface area contributed by atoms with Gasteiger partial charge in [0.15, 0.2) is 5.78 Å². The molecule has 0 bridgehead atoms. The van der Waals surface area contributed by atoms with Gasteiger partial charge in [0.2, 0.25) is 0 Å². The zero-order chi connectivity index (χ0) is 20.2. The van der Waals surface area contributed by atoms with Gasteiger partial charge in [-0.15, -0.1) is 0 Å². The Bertz CT molecular complexity index is 1020. The molecule has 2 amide bonds. The van der Waals surface area contributed by atoms with Gasteiger partial charge in [-0.05, 0) is 37.1 Å². The third-order valence-electron chi connectivity index (χ3n) is 5.53. The van der Waals surface area contributed by atoms with Crippen LogP contribution in [0.25, 0.3) is 10.9 Å². The van der Waals surface area contributed by atoms with Crippen molar-refractivity contribution < 1.29 is 9.59 Å². The molecule has 2 heterocycles. The normalized spacial score (nSPS) is 14.2. The van der Waals surface area contributed by atoms with Crippen molar-refractivity contribution in [2.24, 2.45) is 0 Å². The van der Waals surface area contributed by atoms with E-state index in [1.165, 1.54) is 10.9 Å². The molecule has 0 spiro atoms. The molecule has 0 aliphatic carbocycles. The van der Waals surface area contributed by atoms with E-state index >= 15 is 0 Å². The van der Waals surface area contributed by atoms with E-state index in [0.29, 0.717) is 19.6 Å². The molecule has 0 unspecified atom stereocenters. The molecular weight excluding hydrogens is 364 g/mol. The van der Waals surface area contributed by atoms with E-state index in [1.54, 1.807) is 6.92 Å². The summed E-state index contributed by atoms with van der Waals surface area (Å²) in [4.78, 5) is 31.5. The minimum atomic E-state index is -0.0121. The van der Waals surface area contributed by atoms with Crippen molar-refractivity contribution in [3.05, 3.63) is 65.9 Å². The number of benzene rings is 2. The SMILES string of the molecule is CC(=O)c1cccc(N2CCN(C(=O)NCCc3c[nH]c4ccccc34)CC2)c1. The summed E-state index contributed by atoms with van der Waals surface area (Å²) in [5, 5.41) is 4.26. The molecule has 2 aromatic carbocycles. The summed E-state index contributed by atoms with van der Waals surface area (Å²) in [5.74, 6) is 0.0695. The summed E-state index contributed by atoms with van der Waals surface area (Å²) in [6, 6.07) is 15.9. The number of aromatic amines is 1. The number of carbonyl (C=O) groups excluding carboxylic acids is 2. The lowest BCUT2D eigenvalue weighted by atomic mass is 10.1. The average molecular weight is 390 g/mol. The Labute approximate surface area is 170 Å². The molecule has 29 heavy (non-hydrogen) atoms. The number of urea groups is 1. The predicted octanol–water partition coefficient (Wildman–Crippen LogP) is 3.44. The maximum absolute atomic E-state index is 12.5. The summed E-state index contributed by atoms with van der Waals surface area (Å²) in [7, 11) is 0. The molecule has 2 N–H and O–H groups in total. The number of amides is 2. The maximum Gasteiger partial charge on any atom is 0.317 e. The monoisotopic (exact) mass is 390 g/mol. The quantitative estimate of drug-likeness (QED) is 0.656. The lowest BCUT2D eigenvalue weighted by Crippen LogP contribution is -2.52. The molecule has 1 saturated heterocycles. The van der Waals surface area contributed by atoms with Gasteiger partial charge in [0, 0.05) is 61.1 Å². The van der Waals surface area contributed by atoms with Crippen LogP contribution in [0.4, 0.5) is 10.5 Å². The number of ketones is 1. The largest absolute Gasteiger partial charge is 0.368 e. The molecule has 0 saturated carbocycles. The molecule has 4 rings (SSSR count). The summed E-state index contributed by atoms with van der Waals surface area (Å²) in [6.07, 6.45) is 2.82. The van der Waals surface area contributed by atoms with Crippen LogP contribution >= 0.6 is 0 Å². The topological polar surface area (TPSA) is 68.4 Å². The number of anilines is 1. The van der Waals surface area contributed by atoms with Gasteiger partial charge >= 0.3 is 6.03 Å². The predicted molar refractivity (Wildman–Crippen MR) is 116 cm³/mol. The molecule has 1 aliphatic heterocycles.